The predicted molar refractivity (Wildman–Crippen MR) is 107 cm³/mol. The molecule has 5 heteroatoms. The summed E-state index contributed by atoms with van der Waals surface area (Å²) in [6.07, 6.45) is 1.81. The Morgan fingerprint density at radius 1 is 1.00 bits per heavy atom. The third-order valence-electron chi connectivity index (χ3n) is 4.00. The van der Waals surface area contributed by atoms with Crippen LogP contribution in [0.3, 0.4) is 0 Å². The van der Waals surface area contributed by atoms with Gasteiger partial charge in [-0.1, -0.05) is 54.6 Å². The molecule has 3 aromatic carbocycles. The molecule has 0 fully saturated rings. The van der Waals surface area contributed by atoms with Crippen molar-refractivity contribution >= 4 is 33.5 Å². The number of benzene rings is 3. The molecule has 4 rings (SSSR count). The van der Waals surface area contributed by atoms with E-state index in [1.165, 1.54) is 16.7 Å². The summed E-state index contributed by atoms with van der Waals surface area (Å²) in [7, 11) is 0. The second kappa shape index (κ2) is 7.18. The molecule has 0 aliphatic heterocycles. The van der Waals surface area contributed by atoms with E-state index in [0.29, 0.717) is 5.56 Å². The van der Waals surface area contributed by atoms with Gasteiger partial charge in [0.15, 0.2) is 0 Å². The predicted octanol–water partition coefficient (Wildman–Crippen LogP) is 5.28. The number of hydrazone groups is 1. The fourth-order valence-corrected chi connectivity index (χ4v) is 3.36. The molecule has 0 amide bonds. The number of fused-ring (bicyclic) bond motifs is 1. The van der Waals surface area contributed by atoms with Crippen LogP contribution in [0.1, 0.15) is 11.1 Å². The van der Waals surface area contributed by atoms with Crippen molar-refractivity contribution in [2.24, 2.45) is 5.10 Å². The number of anilines is 1. The molecule has 4 nitrogen and oxygen atoms in total. The summed E-state index contributed by atoms with van der Waals surface area (Å²) in [6.45, 7) is 0. The van der Waals surface area contributed by atoms with Crippen molar-refractivity contribution in [1.82, 2.24) is 4.98 Å². The van der Waals surface area contributed by atoms with E-state index in [2.05, 4.69) is 39.8 Å². The van der Waals surface area contributed by atoms with Gasteiger partial charge < -0.3 is 0 Å². The van der Waals surface area contributed by atoms with Crippen molar-refractivity contribution < 1.29 is 0 Å². The van der Waals surface area contributed by atoms with E-state index in [-0.39, 0.29) is 0 Å². The first-order valence-corrected chi connectivity index (χ1v) is 8.94. The van der Waals surface area contributed by atoms with Crippen molar-refractivity contribution in [1.29, 1.82) is 5.26 Å². The Hall–Kier alpha value is -3.49. The summed E-state index contributed by atoms with van der Waals surface area (Å²) in [5.41, 5.74) is 6.53. The van der Waals surface area contributed by atoms with Crippen LogP contribution in [0.25, 0.3) is 22.0 Å². The molecular formula is C21H14N4S. The maximum atomic E-state index is 8.87. The van der Waals surface area contributed by atoms with E-state index in [9.17, 15) is 0 Å². The molecule has 0 radical (unpaired) electrons. The van der Waals surface area contributed by atoms with E-state index in [4.69, 9.17) is 5.26 Å². The van der Waals surface area contributed by atoms with Crippen molar-refractivity contribution in [2.75, 3.05) is 5.43 Å². The van der Waals surface area contributed by atoms with Gasteiger partial charge >= 0.3 is 0 Å². The van der Waals surface area contributed by atoms with Crippen molar-refractivity contribution in [3.05, 3.63) is 83.2 Å². The Kier molecular flexibility index (Phi) is 4.42. The van der Waals surface area contributed by atoms with Gasteiger partial charge in [0.25, 0.3) is 0 Å². The Morgan fingerprint density at radius 2 is 1.81 bits per heavy atom. The van der Waals surface area contributed by atoms with Crippen LogP contribution in [0.4, 0.5) is 5.13 Å². The zero-order valence-corrected chi connectivity index (χ0v) is 14.6. The van der Waals surface area contributed by atoms with Crippen LogP contribution in [0.15, 0.2) is 77.2 Å². The quantitative estimate of drug-likeness (QED) is 0.400. The standard InChI is InChI=1S/C21H14N4S/c22-12-15-8-10-17(11-9-15)20-14-26-21(24-20)25-23-13-18-6-3-5-16-4-1-2-7-19(16)18/h1-11,13-14H,(H,24,25)/b23-13-. The van der Waals surface area contributed by atoms with Gasteiger partial charge in [-0.05, 0) is 22.9 Å². The summed E-state index contributed by atoms with van der Waals surface area (Å²) in [5.74, 6) is 0. The number of nitrogens with one attached hydrogen (secondary N) is 1. The Balaban J connectivity index is 1.50. The van der Waals surface area contributed by atoms with Gasteiger partial charge in [0, 0.05) is 16.5 Å². The highest BCUT2D eigenvalue weighted by atomic mass is 32.1. The zero-order chi connectivity index (χ0) is 17.8. The lowest BCUT2D eigenvalue weighted by atomic mass is 10.1. The summed E-state index contributed by atoms with van der Waals surface area (Å²) < 4.78 is 0. The lowest BCUT2D eigenvalue weighted by Gasteiger charge is -2.01. The van der Waals surface area contributed by atoms with Crippen LogP contribution in [-0.2, 0) is 0 Å². The van der Waals surface area contributed by atoms with Crippen LogP contribution in [-0.4, -0.2) is 11.2 Å². The monoisotopic (exact) mass is 354 g/mol. The molecule has 0 saturated carbocycles. The first-order chi connectivity index (χ1) is 12.8. The second-order valence-corrected chi connectivity index (χ2v) is 6.52. The summed E-state index contributed by atoms with van der Waals surface area (Å²) in [4.78, 5) is 4.54. The SMILES string of the molecule is N#Cc1ccc(-c2csc(N/N=C\c3cccc4ccccc34)n2)cc1. The third kappa shape index (κ3) is 3.32. The van der Waals surface area contributed by atoms with Crippen LogP contribution in [0.5, 0.6) is 0 Å². The van der Waals surface area contributed by atoms with E-state index in [0.717, 1.165) is 27.3 Å². The lowest BCUT2D eigenvalue weighted by Crippen LogP contribution is -1.91. The molecule has 0 atom stereocenters. The van der Waals surface area contributed by atoms with Gasteiger partial charge in [-0.2, -0.15) is 10.4 Å². The Morgan fingerprint density at radius 3 is 2.65 bits per heavy atom. The van der Waals surface area contributed by atoms with Gasteiger partial charge in [0.1, 0.15) is 0 Å². The minimum atomic E-state index is 0.641. The zero-order valence-electron chi connectivity index (χ0n) is 13.8. The van der Waals surface area contributed by atoms with E-state index >= 15 is 0 Å². The normalized spacial score (nSPS) is 10.9. The molecule has 1 heterocycles. The second-order valence-electron chi connectivity index (χ2n) is 5.67. The maximum absolute atomic E-state index is 8.87. The van der Waals surface area contributed by atoms with E-state index in [1.54, 1.807) is 12.1 Å². The van der Waals surface area contributed by atoms with Crippen molar-refractivity contribution in [3.63, 3.8) is 0 Å². The third-order valence-corrected chi connectivity index (χ3v) is 4.75. The minimum Gasteiger partial charge on any atom is -0.253 e. The smallest absolute Gasteiger partial charge is 0.203 e. The van der Waals surface area contributed by atoms with Crippen LogP contribution in [0.2, 0.25) is 0 Å². The van der Waals surface area contributed by atoms with Crippen LogP contribution >= 0.6 is 11.3 Å². The average Bonchev–Trinajstić information content (AvgIpc) is 3.17. The number of hydrogen-bond acceptors (Lipinski definition) is 5. The van der Waals surface area contributed by atoms with Gasteiger partial charge in [-0.25, -0.2) is 4.98 Å². The molecule has 0 bridgehead atoms. The van der Waals surface area contributed by atoms with Crippen molar-refractivity contribution in [3.8, 4) is 17.3 Å². The molecule has 124 valence electrons. The first-order valence-electron chi connectivity index (χ1n) is 8.06. The van der Waals surface area contributed by atoms with Gasteiger partial charge in [-0.3, -0.25) is 5.43 Å². The molecular weight excluding hydrogens is 340 g/mol. The number of aromatic nitrogens is 1. The van der Waals surface area contributed by atoms with E-state index in [1.807, 2.05) is 48.0 Å². The first kappa shape index (κ1) is 16.0. The number of rotatable bonds is 4. The number of nitriles is 1. The highest BCUT2D eigenvalue weighted by Crippen LogP contribution is 2.25. The maximum Gasteiger partial charge on any atom is 0.203 e. The number of hydrogen-bond donors (Lipinski definition) is 1. The van der Waals surface area contributed by atoms with Crippen LogP contribution < -0.4 is 5.43 Å². The molecule has 0 unspecified atom stereocenters. The highest BCUT2D eigenvalue weighted by molar-refractivity contribution is 7.14. The summed E-state index contributed by atoms with van der Waals surface area (Å²) >= 11 is 1.49. The van der Waals surface area contributed by atoms with Gasteiger partial charge in [0.2, 0.25) is 5.13 Å². The fraction of sp³-hybridized carbons (Fsp3) is 0. The number of thiazole rings is 1. The molecule has 0 aliphatic carbocycles. The molecule has 1 aromatic heterocycles. The van der Waals surface area contributed by atoms with Gasteiger partial charge in [-0.15, -0.1) is 11.3 Å². The summed E-state index contributed by atoms with van der Waals surface area (Å²) in [6, 6.07) is 23.9. The molecule has 26 heavy (non-hydrogen) atoms. The average molecular weight is 354 g/mol. The lowest BCUT2D eigenvalue weighted by molar-refractivity contribution is 1.29. The van der Waals surface area contributed by atoms with Crippen LogP contribution in [0, 0.1) is 11.3 Å². The summed E-state index contributed by atoms with van der Waals surface area (Å²) in [5, 5.41) is 18.2. The molecule has 0 saturated heterocycles. The fourth-order valence-electron chi connectivity index (χ4n) is 2.69. The molecule has 1 N–H and O–H groups in total. The molecule has 0 spiro atoms. The van der Waals surface area contributed by atoms with Crippen molar-refractivity contribution in [2.45, 2.75) is 0 Å². The minimum absolute atomic E-state index is 0.641. The Bertz CT molecular complexity index is 1120. The van der Waals surface area contributed by atoms with E-state index < -0.39 is 0 Å². The van der Waals surface area contributed by atoms with Gasteiger partial charge in [0.05, 0.1) is 23.5 Å². The topological polar surface area (TPSA) is 61.1 Å². The number of nitrogens with zero attached hydrogens (tertiary/aromatic N) is 3. The Labute approximate surface area is 155 Å². The highest BCUT2D eigenvalue weighted by Gasteiger charge is 2.04. The molecule has 0 aliphatic rings. The largest absolute Gasteiger partial charge is 0.253 e. The molecule has 4 aromatic rings.